The van der Waals surface area contributed by atoms with Gasteiger partial charge in [-0.1, -0.05) is 12.1 Å². The number of benzene rings is 1. The molecule has 2 aromatic rings. The first-order valence-corrected chi connectivity index (χ1v) is 7.29. The summed E-state index contributed by atoms with van der Waals surface area (Å²) >= 11 is 0. The number of carbonyl (C=O) groups is 2. The zero-order valence-corrected chi connectivity index (χ0v) is 12.4. The van der Waals surface area contributed by atoms with Crippen LogP contribution in [0, 0.1) is 0 Å². The summed E-state index contributed by atoms with van der Waals surface area (Å²) in [5.41, 5.74) is 1.22. The van der Waals surface area contributed by atoms with Gasteiger partial charge in [-0.2, -0.15) is 5.10 Å². The quantitative estimate of drug-likeness (QED) is 0.902. The normalized spacial score (nSPS) is 13.7. The van der Waals surface area contributed by atoms with Crippen LogP contribution in [0.25, 0.3) is 5.69 Å². The molecule has 0 spiro atoms. The van der Waals surface area contributed by atoms with Crippen molar-refractivity contribution < 1.29 is 9.59 Å². The molecule has 1 heterocycles. The van der Waals surface area contributed by atoms with Crippen LogP contribution in [0.2, 0.25) is 0 Å². The van der Waals surface area contributed by atoms with Crippen LogP contribution in [-0.4, -0.2) is 46.1 Å². The van der Waals surface area contributed by atoms with Crippen molar-refractivity contribution in [3.05, 3.63) is 48.3 Å². The lowest BCUT2D eigenvalue weighted by Crippen LogP contribution is -2.39. The molecule has 0 aliphatic heterocycles. The van der Waals surface area contributed by atoms with E-state index in [0.717, 1.165) is 12.8 Å². The van der Waals surface area contributed by atoms with E-state index in [1.165, 1.54) is 4.90 Å². The van der Waals surface area contributed by atoms with Gasteiger partial charge in [-0.3, -0.25) is 9.59 Å². The number of carbonyl (C=O) groups excluding carboxylic acids is 2. The van der Waals surface area contributed by atoms with Crippen LogP contribution in [0.1, 0.15) is 23.2 Å². The minimum Gasteiger partial charge on any atom is -0.352 e. The smallest absolute Gasteiger partial charge is 0.256 e. The van der Waals surface area contributed by atoms with Crippen molar-refractivity contribution in [1.82, 2.24) is 20.0 Å². The lowest BCUT2D eigenvalue weighted by atomic mass is 10.1. The number of nitrogens with one attached hydrogen (secondary N) is 1. The Labute approximate surface area is 128 Å². The van der Waals surface area contributed by atoms with Crippen LogP contribution in [-0.2, 0) is 4.79 Å². The van der Waals surface area contributed by atoms with Gasteiger partial charge in [-0.05, 0) is 31.0 Å². The summed E-state index contributed by atoms with van der Waals surface area (Å²) in [6.45, 7) is 0.0583. The number of hydrogen-bond acceptors (Lipinski definition) is 3. The molecule has 1 saturated carbocycles. The zero-order valence-electron chi connectivity index (χ0n) is 12.4. The molecule has 1 aliphatic rings. The van der Waals surface area contributed by atoms with Gasteiger partial charge in [0.15, 0.2) is 0 Å². The van der Waals surface area contributed by atoms with E-state index in [2.05, 4.69) is 10.4 Å². The first-order chi connectivity index (χ1) is 10.6. The van der Waals surface area contributed by atoms with Gasteiger partial charge in [0, 0.05) is 25.5 Å². The van der Waals surface area contributed by atoms with E-state index in [-0.39, 0.29) is 18.4 Å². The van der Waals surface area contributed by atoms with Crippen LogP contribution >= 0.6 is 0 Å². The summed E-state index contributed by atoms with van der Waals surface area (Å²) in [5, 5.41) is 7.05. The highest BCUT2D eigenvalue weighted by molar-refractivity contribution is 5.99. The first-order valence-electron chi connectivity index (χ1n) is 7.29. The fourth-order valence-corrected chi connectivity index (χ4v) is 2.26. The Morgan fingerprint density at radius 2 is 2.09 bits per heavy atom. The van der Waals surface area contributed by atoms with Crippen LogP contribution in [0.4, 0.5) is 0 Å². The highest BCUT2D eigenvalue weighted by Gasteiger charge is 2.25. The molecule has 6 heteroatoms. The number of hydrogen-bond donors (Lipinski definition) is 1. The topological polar surface area (TPSA) is 67.2 Å². The Morgan fingerprint density at radius 1 is 1.32 bits per heavy atom. The Morgan fingerprint density at radius 3 is 2.77 bits per heavy atom. The van der Waals surface area contributed by atoms with Gasteiger partial charge in [0.2, 0.25) is 5.91 Å². The molecule has 0 bridgehead atoms. The van der Waals surface area contributed by atoms with E-state index in [4.69, 9.17) is 0 Å². The minimum atomic E-state index is -0.197. The molecule has 114 valence electrons. The van der Waals surface area contributed by atoms with E-state index in [9.17, 15) is 9.59 Å². The third kappa shape index (κ3) is 3.16. The van der Waals surface area contributed by atoms with Crippen LogP contribution in [0.3, 0.4) is 0 Å². The fraction of sp³-hybridized carbons (Fsp3) is 0.312. The van der Waals surface area contributed by atoms with Crippen LogP contribution in [0.5, 0.6) is 0 Å². The molecule has 22 heavy (non-hydrogen) atoms. The Bertz CT molecular complexity index is 677. The molecule has 0 atom stereocenters. The summed E-state index contributed by atoms with van der Waals surface area (Å²) in [6.07, 6.45) is 5.51. The maximum absolute atomic E-state index is 12.6. The second kappa shape index (κ2) is 6.01. The molecular weight excluding hydrogens is 280 g/mol. The predicted octanol–water partition coefficient (Wildman–Crippen LogP) is 1.22. The van der Waals surface area contributed by atoms with Gasteiger partial charge < -0.3 is 10.2 Å². The summed E-state index contributed by atoms with van der Waals surface area (Å²) in [7, 11) is 1.63. The summed E-state index contributed by atoms with van der Waals surface area (Å²) in [5.74, 6) is -0.313. The lowest BCUT2D eigenvalue weighted by molar-refractivity contribution is -0.121. The fourth-order valence-electron chi connectivity index (χ4n) is 2.26. The van der Waals surface area contributed by atoms with Gasteiger partial charge in [0.25, 0.3) is 5.91 Å². The molecule has 3 rings (SSSR count). The molecule has 1 aliphatic carbocycles. The predicted molar refractivity (Wildman–Crippen MR) is 81.7 cm³/mol. The number of nitrogens with zero attached hydrogens (tertiary/aromatic N) is 3. The highest BCUT2D eigenvalue weighted by Crippen LogP contribution is 2.19. The number of likely N-dealkylation sites (N-methyl/N-ethyl adjacent to an activating group) is 1. The maximum Gasteiger partial charge on any atom is 0.256 e. The second-order valence-electron chi connectivity index (χ2n) is 5.47. The molecule has 1 fully saturated rings. The molecule has 6 nitrogen and oxygen atoms in total. The molecule has 2 amide bonds. The van der Waals surface area contributed by atoms with Gasteiger partial charge in [-0.15, -0.1) is 0 Å². The van der Waals surface area contributed by atoms with Crippen molar-refractivity contribution in [2.45, 2.75) is 18.9 Å². The van der Waals surface area contributed by atoms with E-state index in [1.54, 1.807) is 42.3 Å². The third-order valence-corrected chi connectivity index (χ3v) is 3.56. The van der Waals surface area contributed by atoms with Crippen molar-refractivity contribution in [2.75, 3.05) is 13.6 Å². The van der Waals surface area contributed by atoms with Gasteiger partial charge in [0.05, 0.1) is 17.8 Å². The van der Waals surface area contributed by atoms with E-state index in [1.807, 2.05) is 12.1 Å². The van der Waals surface area contributed by atoms with Crippen LogP contribution < -0.4 is 5.32 Å². The lowest BCUT2D eigenvalue weighted by Gasteiger charge is -2.18. The highest BCUT2D eigenvalue weighted by atomic mass is 16.2. The zero-order chi connectivity index (χ0) is 15.5. The summed E-state index contributed by atoms with van der Waals surface area (Å²) in [4.78, 5) is 25.9. The molecular formula is C16H18N4O2. The van der Waals surface area contributed by atoms with Crippen molar-refractivity contribution in [1.29, 1.82) is 0 Å². The van der Waals surface area contributed by atoms with Crippen molar-refractivity contribution >= 4 is 11.8 Å². The SMILES string of the molecule is CN(CC(=O)NC1CC1)C(=O)c1ccccc1-n1cccn1. The van der Waals surface area contributed by atoms with Crippen molar-refractivity contribution in [2.24, 2.45) is 0 Å². The first kappa shape index (κ1) is 14.3. The summed E-state index contributed by atoms with van der Waals surface area (Å²) in [6, 6.07) is 9.33. The molecule has 0 radical (unpaired) electrons. The van der Waals surface area contributed by atoms with Gasteiger partial charge >= 0.3 is 0 Å². The van der Waals surface area contributed by atoms with Crippen molar-refractivity contribution in [3.63, 3.8) is 0 Å². The van der Waals surface area contributed by atoms with Crippen molar-refractivity contribution in [3.8, 4) is 5.69 Å². The van der Waals surface area contributed by atoms with E-state index < -0.39 is 0 Å². The third-order valence-electron chi connectivity index (χ3n) is 3.56. The molecule has 0 saturated heterocycles. The van der Waals surface area contributed by atoms with E-state index >= 15 is 0 Å². The average molecular weight is 298 g/mol. The second-order valence-corrected chi connectivity index (χ2v) is 5.47. The van der Waals surface area contributed by atoms with Crippen LogP contribution in [0.15, 0.2) is 42.7 Å². The Kier molecular flexibility index (Phi) is 3.91. The number of para-hydroxylation sites is 1. The number of rotatable bonds is 5. The summed E-state index contributed by atoms with van der Waals surface area (Å²) < 4.78 is 1.64. The minimum absolute atomic E-state index is 0.0583. The molecule has 1 aromatic carbocycles. The van der Waals surface area contributed by atoms with Gasteiger partial charge in [-0.25, -0.2) is 4.68 Å². The maximum atomic E-state index is 12.6. The Hall–Kier alpha value is -2.63. The number of amides is 2. The largest absolute Gasteiger partial charge is 0.352 e. The van der Waals surface area contributed by atoms with E-state index in [0.29, 0.717) is 17.3 Å². The monoisotopic (exact) mass is 298 g/mol. The Balaban J connectivity index is 1.75. The standard InChI is InChI=1S/C16H18N4O2/c1-19(11-15(21)18-12-7-8-12)16(22)13-5-2-3-6-14(13)20-10-4-9-17-20/h2-6,9-10,12H,7-8,11H2,1H3,(H,18,21). The number of aromatic nitrogens is 2. The molecule has 1 N–H and O–H groups in total. The average Bonchev–Trinajstić information content (AvgIpc) is 3.16. The molecule has 1 aromatic heterocycles. The van der Waals surface area contributed by atoms with Gasteiger partial charge in [0.1, 0.15) is 0 Å². The molecule has 0 unspecified atom stereocenters.